The third kappa shape index (κ3) is 2.25. The van der Waals surface area contributed by atoms with E-state index in [0.717, 1.165) is 29.6 Å². The summed E-state index contributed by atoms with van der Waals surface area (Å²) in [5.74, 6) is 0. The molecule has 4 rings (SSSR count). The molecule has 0 aliphatic carbocycles. The Hall–Kier alpha value is -2.20. The zero-order chi connectivity index (χ0) is 16.0. The number of rotatable bonds is 2. The molecule has 2 heterocycles. The second-order valence-corrected chi connectivity index (χ2v) is 6.66. The van der Waals surface area contributed by atoms with Gasteiger partial charge in [-0.15, -0.1) is 0 Å². The fourth-order valence-electron chi connectivity index (χ4n) is 3.18. The molecular formula is C19H17NO2S. The summed E-state index contributed by atoms with van der Waals surface area (Å²) >= 11 is 1.78. The Bertz CT molecular complexity index is 961. The van der Waals surface area contributed by atoms with Crippen LogP contribution in [0.3, 0.4) is 0 Å². The van der Waals surface area contributed by atoms with E-state index < -0.39 is 0 Å². The molecule has 0 spiro atoms. The molecule has 3 nitrogen and oxygen atoms in total. The third-order valence-electron chi connectivity index (χ3n) is 4.27. The van der Waals surface area contributed by atoms with Crippen molar-refractivity contribution < 1.29 is 4.42 Å². The first kappa shape index (κ1) is 14.4. The van der Waals surface area contributed by atoms with E-state index in [1.807, 2.05) is 6.07 Å². The highest BCUT2D eigenvalue weighted by Gasteiger charge is 2.23. The van der Waals surface area contributed by atoms with Crippen LogP contribution in [0.1, 0.15) is 19.4 Å². The second-order valence-electron chi connectivity index (χ2n) is 5.57. The van der Waals surface area contributed by atoms with Crippen molar-refractivity contribution >= 4 is 34.1 Å². The van der Waals surface area contributed by atoms with Gasteiger partial charge in [0.2, 0.25) is 0 Å². The minimum absolute atomic E-state index is 0.277. The maximum atomic E-state index is 11.8. The molecule has 23 heavy (non-hydrogen) atoms. The summed E-state index contributed by atoms with van der Waals surface area (Å²) in [6.45, 7) is 5.07. The van der Waals surface area contributed by atoms with Crippen molar-refractivity contribution in [3.63, 3.8) is 0 Å². The van der Waals surface area contributed by atoms with E-state index in [1.54, 1.807) is 17.8 Å². The second kappa shape index (κ2) is 5.46. The Kier molecular flexibility index (Phi) is 3.42. The standard InChI is InChI=1S/C19H17NO2S/c1-3-12-9-19(21)22-16-11-15-18(10-13(12)16)23-17-8-6-5-7-14(17)20(15)4-2/h5-11H,3-4H2,1-2H3. The first-order valence-corrected chi connectivity index (χ1v) is 8.68. The highest BCUT2D eigenvalue weighted by atomic mass is 32.2. The zero-order valence-electron chi connectivity index (χ0n) is 13.1. The van der Waals surface area contributed by atoms with E-state index in [9.17, 15) is 4.79 Å². The average Bonchev–Trinajstić information content (AvgIpc) is 2.57. The molecule has 0 unspecified atom stereocenters. The van der Waals surface area contributed by atoms with Crippen LogP contribution in [0, 0.1) is 0 Å². The molecule has 0 atom stereocenters. The lowest BCUT2D eigenvalue weighted by Gasteiger charge is -2.32. The van der Waals surface area contributed by atoms with Gasteiger partial charge in [0.1, 0.15) is 5.58 Å². The van der Waals surface area contributed by atoms with E-state index >= 15 is 0 Å². The van der Waals surface area contributed by atoms with Gasteiger partial charge in [0.25, 0.3) is 0 Å². The first-order chi connectivity index (χ1) is 11.2. The van der Waals surface area contributed by atoms with Crippen LogP contribution in [0.5, 0.6) is 0 Å². The first-order valence-electron chi connectivity index (χ1n) is 7.86. The highest BCUT2D eigenvalue weighted by molar-refractivity contribution is 7.99. The zero-order valence-corrected chi connectivity index (χ0v) is 13.9. The van der Waals surface area contributed by atoms with Gasteiger partial charge in [0.05, 0.1) is 11.4 Å². The summed E-state index contributed by atoms with van der Waals surface area (Å²) in [5, 5.41) is 1.04. The minimum atomic E-state index is -0.277. The topological polar surface area (TPSA) is 33.5 Å². The molecule has 4 heteroatoms. The van der Waals surface area contributed by atoms with Crippen LogP contribution in [0.15, 0.2) is 61.5 Å². The van der Waals surface area contributed by atoms with Crippen LogP contribution >= 0.6 is 11.8 Å². The van der Waals surface area contributed by atoms with Crippen molar-refractivity contribution in [2.45, 2.75) is 30.1 Å². The third-order valence-corrected chi connectivity index (χ3v) is 5.39. The molecule has 0 fully saturated rings. The summed E-state index contributed by atoms with van der Waals surface area (Å²) in [4.78, 5) is 16.5. The molecular weight excluding hydrogens is 306 g/mol. The van der Waals surface area contributed by atoms with Gasteiger partial charge in [0.15, 0.2) is 0 Å². The Morgan fingerprint density at radius 1 is 1.04 bits per heavy atom. The molecule has 0 N–H and O–H groups in total. The molecule has 116 valence electrons. The van der Waals surface area contributed by atoms with E-state index in [-0.39, 0.29) is 5.63 Å². The average molecular weight is 323 g/mol. The van der Waals surface area contributed by atoms with E-state index in [4.69, 9.17) is 4.42 Å². The van der Waals surface area contributed by atoms with E-state index in [1.165, 1.54) is 15.5 Å². The van der Waals surface area contributed by atoms with E-state index in [2.05, 4.69) is 49.1 Å². The quantitative estimate of drug-likeness (QED) is 0.623. The Morgan fingerprint density at radius 3 is 2.65 bits per heavy atom. The summed E-state index contributed by atoms with van der Waals surface area (Å²) in [7, 11) is 0. The van der Waals surface area contributed by atoms with Crippen molar-refractivity contribution in [2.24, 2.45) is 0 Å². The van der Waals surface area contributed by atoms with Gasteiger partial charge in [-0.3, -0.25) is 0 Å². The molecule has 0 radical (unpaired) electrons. The predicted octanol–water partition coefficient (Wildman–Crippen LogP) is 4.98. The minimum Gasteiger partial charge on any atom is -0.423 e. The number of hydrogen-bond donors (Lipinski definition) is 0. The van der Waals surface area contributed by atoms with Crippen molar-refractivity contribution in [1.29, 1.82) is 0 Å². The molecule has 0 amide bonds. The van der Waals surface area contributed by atoms with Gasteiger partial charge < -0.3 is 9.32 Å². The van der Waals surface area contributed by atoms with Crippen molar-refractivity contribution in [3.8, 4) is 0 Å². The maximum absolute atomic E-state index is 11.8. The van der Waals surface area contributed by atoms with Crippen LogP contribution in [0.2, 0.25) is 0 Å². The van der Waals surface area contributed by atoms with Gasteiger partial charge in [0, 0.05) is 33.9 Å². The van der Waals surface area contributed by atoms with Gasteiger partial charge in [-0.25, -0.2) is 4.79 Å². The summed E-state index contributed by atoms with van der Waals surface area (Å²) in [6.07, 6.45) is 0.819. The van der Waals surface area contributed by atoms with Crippen LogP contribution in [-0.4, -0.2) is 6.54 Å². The number of para-hydroxylation sites is 1. The number of nitrogens with zero attached hydrogens (tertiary/aromatic N) is 1. The lowest BCUT2D eigenvalue weighted by molar-refractivity contribution is 0.559. The van der Waals surface area contributed by atoms with Crippen molar-refractivity contribution in [3.05, 3.63) is 58.4 Å². The predicted molar refractivity (Wildman–Crippen MR) is 95.1 cm³/mol. The number of anilines is 2. The van der Waals surface area contributed by atoms with Gasteiger partial charge in [-0.05, 0) is 37.1 Å². The number of aryl methyl sites for hydroxylation is 1. The SMILES string of the molecule is CCc1cc(=O)oc2cc3c(cc12)Sc1ccccc1N3CC. The van der Waals surface area contributed by atoms with Crippen LogP contribution < -0.4 is 10.5 Å². The van der Waals surface area contributed by atoms with Crippen LogP contribution in [0.4, 0.5) is 11.4 Å². The van der Waals surface area contributed by atoms with Crippen molar-refractivity contribution in [2.75, 3.05) is 11.4 Å². The lowest BCUT2D eigenvalue weighted by Crippen LogP contribution is -2.20. The molecule has 1 aliphatic heterocycles. The molecule has 1 aliphatic rings. The fraction of sp³-hybridized carbons (Fsp3) is 0.211. The normalized spacial score (nSPS) is 13.0. The molecule has 0 saturated heterocycles. The highest BCUT2D eigenvalue weighted by Crippen LogP contribution is 2.49. The number of hydrogen-bond acceptors (Lipinski definition) is 4. The van der Waals surface area contributed by atoms with Crippen LogP contribution in [-0.2, 0) is 6.42 Å². The molecule has 0 saturated carbocycles. The molecule has 1 aromatic heterocycles. The van der Waals surface area contributed by atoms with Gasteiger partial charge in [-0.1, -0.05) is 30.8 Å². The Labute approximate surface area is 138 Å². The van der Waals surface area contributed by atoms with Crippen LogP contribution in [0.25, 0.3) is 11.0 Å². The molecule has 0 bridgehead atoms. The summed E-state index contributed by atoms with van der Waals surface area (Å²) < 4.78 is 5.46. The summed E-state index contributed by atoms with van der Waals surface area (Å²) in [5.41, 5.74) is 3.76. The number of fused-ring (bicyclic) bond motifs is 3. The Morgan fingerprint density at radius 2 is 1.87 bits per heavy atom. The van der Waals surface area contributed by atoms with Gasteiger partial charge in [-0.2, -0.15) is 0 Å². The fourth-order valence-corrected chi connectivity index (χ4v) is 4.30. The van der Waals surface area contributed by atoms with Gasteiger partial charge >= 0.3 is 5.63 Å². The maximum Gasteiger partial charge on any atom is 0.336 e. The largest absolute Gasteiger partial charge is 0.423 e. The van der Waals surface area contributed by atoms with Crippen molar-refractivity contribution in [1.82, 2.24) is 0 Å². The molecule has 2 aromatic carbocycles. The summed E-state index contributed by atoms with van der Waals surface area (Å²) in [6, 6.07) is 14.2. The Balaban J connectivity index is 2.00. The monoisotopic (exact) mass is 323 g/mol. The molecule has 3 aromatic rings. The smallest absolute Gasteiger partial charge is 0.336 e. The number of benzene rings is 2. The van der Waals surface area contributed by atoms with E-state index in [0.29, 0.717) is 5.58 Å². The lowest BCUT2D eigenvalue weighted by atomic mass is 10.1.